The number of halogens is 1. The van der Waals surface area contributed by atoms with E-state index >= 15 is 0 Å². The van der Waals surface area contributed by atoms with Gasteiger partial charge < -0.3 is 5.11 Å². The molecule has 2 aromatic rings. The highest BCUT2D eigenvalue weighted by Gasteiger charge is 2.08. The van der Waals surface area contributed by atoms with Gasteiger partial charge in [0.05, 0.1) is 18.2 Å². The molecular formula is C10H6BrNOS. The van der Waals surface area contributed by atoms with Crippen molar-refractivity contribution in [2.75, 3.05) is 0 Å². The highest BCUT2D eigenvalue weighted by Crippen LogP contribution is 2.33. The molecule has 0 atom stereocenters. The van der Waals surface area contributed by atoms with E-state index < -0.39 is 0 Å². The van der Waals surface area contributed by atoms with Gasteiger partial charge >= 0.3 is 0 Å². The van der Waals surface area contributed by atoms with Crippen LogP contribution < -0.4 is 0 Å². The molecule has 4 heteroatoms. The summed E-state index contributed by atoms with van der Waals surface area (Å²) in [5.41, 5.74) is 1.39. The van der Waals surface area contributed by atoms with Crippen LogP contribution in [0.2, 0.25) is 0 Å². The number of nitriles is 1. The first-order chi connectivity index (χ1) is 6.76. The second-order valence-corrected chi connectivity index (χ2v) is 4.64. The normalized spacial score (nSPS) is 10.4. The van der Waals surface area contributed by atoms with E-state index in [0.717, 1.165) is 20.1 Å². The quantitative estimate of drug-likeness (QED) is 0.863. The standard InChI is InChI=1S/C10H6BrNOS/c11-8-5-14-9-2-6(4-13)1-7(3-12)10(8)9/h1-2,5,13H,4H2. The molecule has 0 fully saturated rings. The van der Waals surface area contributed by atoms with Gasteiger partial charge in [-0.1, -0.05) is 0 Å². The Morgan fingerprint density at radius 1 is 1.50 bits per heavy atom. The number of aliphatic hydroxyl groups is 1. The lowest BCUT2D eigenvalue weighted by Crippen LogP contribution is -1.85. The van der Waals surface area contributed by atoms with E-state index in [2.05, 4.69) is 22.0 Å². The van der Waals surface area contributed by atoms with Crippen LogP contribution in [-0.2, 0) is 6.61 Å². The minimum absolute atomic E-state index is 0.0276. The Morgan fingerprint density at radius 2 is 2.29 bits per heavy atom. The van der Waals surface area contributed by atoms with Crippen molar-refractivity contribution in [2.24, 2.45) is 0 Å². The fraction of sp³-hybridized carbons (Fsp3) is 0.100. The Hall–Kier alpha value is -0.890. The molecule has 0 aliphatic heterocycles. The molecule has 0 unspecified atom stereocenters. The van der Waals surface area contributed by atoms with Gasteiger partial charge in [0, 0.05) is 19.9 Å². The molecule has 0 amide bonds. The predicted octanol–water partition coefficient (Wildman–Crippen LogP) is 3.03. The lowest BCUT2D eigenvalue weighted by atomic mass is 10.1. The third-order valence-electron chi connectivity index (χ3n) is 1.99. The molecule has 1 N–H and O–H groups in total. The SMILES string of the molecule is N#Cc1cc(CO)cc2scc(Br)c12. The van der Waals surface area contributed by atoms with Crippen LogP contribution in [0.3, 0.4) is 0 Å². The van der Waals surface area contributed by atoms with Gasteiger partial charge in [-0.15, -0.1) is 11.3 Å². The number of thiophene rings is 1. The molecule has 0 radical (unpaired) electrons. The number of hydrogen-bond acceptors (Lipinski definition) is 3. The maximum absolute atomic E-state index is 9.01. The minimum atomic E-state index is -0.0276. The van der Waals surface area contributed by atoms with Crippen LogP contribution in [0.1, 0.15) is 11.1 Å². The molecule has 1 heterocycles. The molecule has 2 nitrogen and oxygen atoms in total. The summed E-state index contributed by atoms with van der Waals surface area (Å²) in [6.07, 6.45) is 0. The van der Waals surface area contributed by atoms with E-state index in [1.165, 1.54) is 0 Å². The summed E-state index contributed by atoms with van der Waals surface area (Å²) in [5.74, 6) is 0. The van der Waals surface area contributed by atoms with Crippen molar-refractivity contribution < 1.29 is 5.11 Å². The average molecular weight is 268 g/mol. The lowest BCUT2D eigenvalue weighted by Gasteiger charge is -1.99. The molecule has 0 saturated heterocycles. The number of benzene rings is 1. The van der Waals surface area contributed by atoms with Gasteiger partial charge in [0.2, 0.25) is 0 Å². The zero-order chi connectivity index (χ0) is 10.1. The van der Waals surface area contributed by atoms with E-state index in [9.17, 15) is 0 Å². The largest absolute Gasteiger partial charge is 0.392 e. The monoisotopic (exact) mass is 267 g/mol. The minimum Gasteiger partial charge on any atom is -0.392 e. The van der Waals surface area contributed by atoms with Gasteiger partial charge in [0.25, 0.3) is 0 Å². The number of rotatable bonds is 1. The van der Waals surface area contributed by atoms with Crippen molar-refractivity contribution in [3.63, 3.8) is 0 Å². The van der Waals surface area contributed by atoms with E-state index in [0.29, 0.717) is 5.56 Å². The summed E-state index contributed by atoms with van der Waals surface area (Å²) in [4.78, 5) is 0. The second kappa shape index (κ2) is 3.70. The lowest BCUT2D eigenvalue weighted by molar-refractivity contribution is 0.282. The Kier molecular flexibility index (Phi) is 2.55. The topological polar surface area (TPSA) is 44.0 Å². The summed E-state index contributed by atoms with van der Waals surface area (Å²) in [6.45, 7) is -0.0276. The molecule has 14 heavy (non-hydrogen) atoms. The van der Waals surface area contributed by atoms with Crippen LogP contribution >= 0.6 is 27.3 Å². The molecule has 0 spiro atoms. The Balaban J connectivity index is 2.84. The van der Waals surface area contributed by atoms with Crippen molar-refractivity contribution in [3.05, 3.63) is 33.1 Å². The van der Waals surface area contributed by atoms with Gasteiger partial charge in [-0.05, 0) is 33.6 Å². The smallest absolute Gasteiger partial charge is 0.0999 e. The molecule has 0 aliphatic carbocycles. The van der Waals surface area contributed by atoms with Gasteiger partial charge in [0.1, 0.15) is 0 Å². The van der Waals surface area contributed by atoms with Crippen molar-refractivity contribution in [3.8, 4) is 6.07 Å². The van der Waals surface area contributed by atoms with E-state index in [4.69, 9.17) is 10.4 Å². The number of hydrogen-bond donors (Lipinski definition) is 1. The molecule has 0 bridgehead atoms. The Morgan fingerprint density at radius 3 is 2.93 bits per heavy atom. The Bertz CT molecular complexity index is 527. The van der Waals surface area contributed by atoms with E-state index in [1.54, 1.807) is 17.4 Å². The zero-order valence-electron chi connectivity index (χ0n) is 7.12. The first-order valence-corrected chi connectivity index (χ1v) is 5.64. The van der Waals surface area contributed by atoms with Gasteiger partial charge in [0.15, 0.2) is 0 Å². The molecule has 1 aromatic heterocycles. The maximum Gasteiger partial charge on any atom is 0.0999 e. The molecule has 0 saturated carbocycles. The molecule has 1 aromatic carbocycles. The molecule has 2 rings (SSSR count). The van der Waals surface area contributed by atoms with Crippen molar-refractivity contribution >= 4 is 37.4 Å². The highest BCUT2D eigenvalue weighted by molar-refractivity contribution is 9.10. The van der Waals surface area contributed by atoms with Crippen molar-refractivity contribution in [1.82, 2.24) is 0 Å². The summed E-state index contributed by atoms with van der Waals surface area (Å²) < 4.78 is 1.97. The first-order valence-electron chi connectivity index (χ1n) is 3.97. The number of nitrogens with zero attached hydrogens (tertiary/aromatic N) is 1. The van der Waals surface area contributed by atoms with Crippen molar-refractivity contribution in [1.29, 1.82) is 5.26 Å². The third kappa shape index (κ3) is 1.44. The van der Waals surface area contributed by atoms with Crippen LogP contribution in [0.15, 0.2) is 22.0 Å². The van der Waals surface area contributed by atoms with Crippen LogP contribution in [0, 0.1) is 11.3 Å². The van der Waals surface area contributed by atoms with E-state index in [1.807, 2.05) is 11.4 Å². The van der Waals surface area contributed by atoms with Crippen LogP contribution in [0.25, 0.3) is 10.1 Å². The van der Waals surface area contributed by atoms with E-state index in [-0.39, 0.29) is 6.61 Å². The number of aliphatic hydroxyl groups excluding tert-OH is 1. The fourth-order valence-corrected chi connectivity index (χ4v) is 3.11. The summed E-state index contributed by atoms with van der Waals surface area (Å²) in [5, 5.41) is 20.8. The molecule has 70 valence electrons. The summed E-state index contributed by atoms with van der Waals surface area (Å²) in [7, 11) is 0. The molecular weight excluding hydrogens is 262 g/mol. The van der Waals surface area contributed by atoms with Gasteiger partial charge in [-0.3, -0.25) is 0 Å². The van der Waals surface area contributed by atoms with Crippen LogP contribution in [0.4, 0.5) is 0 Å². The predicted molar refractivity (Wildman–Crippen MR) is 60.2 cm³/mol. The fourth-order valence-electron chi connectivity index (χ4n) is 1.37. The third-order valence-corrected chi connectivity index (χ3v) is 3.85. The summed E-state index contributed by atoms with van der Waals surface area (Å²) >= 11 is 4.97. The maximum atomic E-state index is 9.01. The van der Waals surface area contributed by atoms with Gasteiger partial charge in [-0.2, -0.15) is 5.26 Å². The summed E-state index contributed by atoms with van der Waals surface area (Å²) in [6, 6.07) is 5.77. The van der Waals surface area contributed by atoms with Crippen LogP contribution in [-0.4, -0.2) is 5.11 Å². The molecule has 0 aliphatic rings. The van der Waals surface area contributed by atoms with Crippen LogP contribution in [0.5, 0.6) is 0 Å². The Labute approximate surface area is 93.5 Å². The van der Waals surface area contributed by atoms with Crippen molar-refractivity contribution in [2.45, 2.75) is 6.61 Å². The average Bonchev–Trinajstić information content (AvgIpc) is 2.59. The second-order valence-electron chi connectivity index (χ2n) is 2.87. The number of fused-ring (bicyclic) bond motifs is 1. The first kappa shape index (κ1) is 9.66. The zero-order valence-corrected chi connectivity index (χ0v) is 9.52. The van der Waals surface area contributed by atoms with Gasteiger partial charge in [-0.25, -0.2) is 0 Å². The highest BCUT2D eigenvalue weighted by atomic mass is 79.9.